The van der Waals surface area contributed by atoms with E-state index in [1.807, 2.05) is 42.5 Å². The zero-order valence-electron chi connectivity index (χ0n) is 12.0. The van der Waals surface area contributed by atoms with Gasteiger partial charge in [0.05, 0.1) is 11.9 Å². The highest BCUT2D eigenvalue weighted by Gasteiger charge is 2.24. The second kappa shape index (κ2) is 5.41. The Kier molecular flexibility index (Phi) is 3.24. The van der Waals surface area contributed by atoms with Gasteiger partial charge in [-0.25, -0.2) is 0 Å². The van der Waals surface area contributed by atoms with Gasteiger partial charge in [0.1, 0.15) is 0 Å². The molecule has 2 heterocycles. The van der Waals surface area contributed by atoms with Crippen LogP contribution >= 0.6 is 11.6 Å². The van der Waals surface area contributed by atoms with E-state index in [2.05, 4.69) is 15.5 Å². The molecule has 112 valence electrons. The lowest BCUT2D eigenvalue weighted by Gasteiger charge is -2.01. The van der Waals surface area contributed by atoms with Crippen LogP contribution in [0.1, 0.15) is 11.1 Å². The lowest BCUT2D eigenvalue weighted by Crippen LogP contribution is -2.03. The zero-order valence-corrected chi connectivity index (χ0v) is 12.8. The Bertz CT molecular complexity index is 928. The first kappa shape index (κ1) is 13.8. The summed E-state index contributed by atoms with van der Waals surface area (Å²) in [5.74, 6) is -0.137. The fourth-order valence-electron chi connectivity index (χ4n) is 2.70. The molecular weight excluding hydrogens is 310 g/mol. The van der Waals surface area contributed by atoms with Crippen molar-refractivity contribution in [2.75, 3.05) is 5.32 Å². The van der Waals surface area contributed by atoms with E-state index in [0.717, 1.165) is 28.1 Å². The summed E-state index contributed by atoms with van der Waals surface area (Å²) in [6.45, 7) is 0. The molecule has 1 aliphatic rings. The summed E-state index contributed by atoms with van der Waals surface area (Å²) in [6.07, 6.45) is 3.55. The normalized spacial score (nSPS) is 14.8. The first-order valence-electron chi connectivity index (χ1n) is 7.14. The quantitative estimate of drug-likeness (QED) is 0.694. The van der Waals surface area contributed by atoms with Crippen LogP contribution in [0.5, 0.6) is 0 Å². The molecule has 0 saturated heterocycles. The first-order chi connectivity index (χ1) is 11.2. The Labute approximate surface area is 137 Å². The second-order valence-electron chi connectivity index (χ2n) is 5.27. The van der Waals surface area contributed by atoms with Gasteiger partial charge in [0.15, 0.2) is 0 Å². The van der Waals surface area contributed by atoms with Gasteiger partial charge in [0.2, 0.25) is 0 Å². The largest absolute Gasteiger partial charge is 0.321 e. The topological polar surface area (TPSA) is 57.8 Å². The standard InChI is InChI=1S/C18H12ClN3O/c19-13-6-7-16-14(9-13)15(18(23)21-16)8-12-10-20-22-17(12)11-4-2-1-3-5-11/h1-10H,(H,20,22)(H,21,23)/b15-8-. The Morgan fingerprint density at radius 2 is 1.91 bits per heavy atom. The van der Waals surface area contributed by atoms with Gasteiger partial charge in [0, 0.05) is 33.0 Å². The maximum atomic E-state index is 12.3. The molecule has 0 atom stereocenters. The monoisotopic (exact) mass is 321 g/mol. The number of nitrogens with one attached hydrogen (secondary N) is 2. The average molecular weight is 322 g/mol. The Morgan fingerprint density at radius 3 is 2.74 bits per heavy atom. The maximum Gasteiger partial charge on any atom is 0.256 e. The van der Waals surface area contributed by atoms with E-state index in [1.165, 1.54) is 0 Å². The van der Waals surface area contributed by atoms with E-state index in [4.69, 9.17) is 11.6 Å². The molecule has 3 aromatic rings. The minimum Gasteiger partial charge on any atom is -0.321 e. The van der Waals surface area contributed by atoms with E-state index in [0.29, 0.717) is 10.6 Å². The van der Waals surface area contributed by atoms with Gasteiger partial charge in [-0.15, -0.1) is 0 Å². The number of carbonyl (C=O) groups is 1. The summed E-state index contributed by atoms with van der Waals surface area (Å²) in [7, 11) is 0. The van der Waals surface area contributed by atoms with Crippen LogP contribution in [0.4, 0.5) is 5.69 Å². The first-order valence-corrected chi connectivity index (χ1v) is 7.52. The number of amides is 1. The van der Waals surface area contributed by atoms with Crippen LogP contribution in [0.2, 0.25) is 5.02 Å². The van der Waals surface area contributed by atoms with Crippen molar-refractivity contribution >= 4 is 34.8 Å². The zero-order chi connectivity index (χ0) is 15.8. The lowest BCUT2D eigenvalue weighted by atomic mass is 10.0. The number of carbonyl (C=O) groups excluding carboxylic acids is 1. The molecule has 2 N–H and O–H groups in total. The smallest absolute Gasteiger partial charge is 0.256 e. The van der Waals surface area contributed by atoms with Crippen molar-refractivity contribution in [3.8, 4) is 11.3 Å². The van der Waals surface area contributed by atoms with E-state index in [-0.39, 0.29) is 5.91 Å². The highest BCUT2D eigenvalue weighted by atomic mass is 35.5. The summed E-state index contributed by atoms with van der Waals surface area (Å²) >= 11 is 6.06. The molecule has 1 aromatic heterocycles. The van der Waals surface area contributed by atoms with Crippen molar-refractivity contribution in [3.63, 3.8) is 0 Å². The number of aromatic nitrogens is 2. The molecule has 0 spiro atoms. The van der Waals surface area contributed by atoms with Gasteiger partial charge >= 0.3 is 0 Å². The number of hydrogen-bond donors (Lipinski definition) is 2. The Hall–Kier alpha value is -2.85. The van der Waals surface area contributed by atoms with Crippen molar-refractivity contribution in [3.05, 3.63) is 70.9 Å². The summed E-state index contributed by atoms with van der Waals surface area (Å²) < 4.78 is 0. The number of hydrogen-bond acceptors (Lipinski definition) is 2. The number of rotatable bonds is 2. The maximum absolute atomic E-state index is 12.3. The second-order valence-corrected chi connectivity index (χ2v) is 5.70. The predicted molar refractivity (Wildman–Crippen MR) is 92.0 cm³/mol. The van der Waals surface area contributed by atoms with Crippen molar-refractivity contribution in [2.24, 2.45) is 0 Å². The van der Waals surface area contributed by atoms with Gasteiger partial charge in [0.25, 0.3) is 5.91 Å². The molecule has 2 aromatic carbocycles. The van der Waals surface area contributed by atoms with E-state index >= 15 is 0 Å². The molecule has 0 unspecified atom stereocenters. The van der Waals surface area contributed by atoms with E-state index in [9.17, 15) is 4.79 Å². The number of fused-ring (bicyclic) bond motifs is 1. The van der Waals surface area contributed by atoms with Crippen LogP contribution < -0.4 is 5.32 Å². The van der Waals surface area contributed by atoms with Gasteiger partial charge in [-0.05, 0) is 24.3 Å². The van der Waals surface area contributed by atoms with Crippen molar-refractivity contribution in [1.29, 1.82) is 0 Å². The number of aromatic amines is 1. The lowest BCUT2D eigenvalue weighted by molar-refractivity contribution is -0.110. The Balaban J connectivity index is 1.83. The van der Waals surface area contributed by atoms with Gasteiger partial charge in [-0.2, -0.15) is 5.10 Å². The van der Waals surface area contributed by atoms with Crippen LogP contribution in [0, 0.1) is 0 Å². The Morgan fingerprint density at radius 1 is 1.09 bits per heavy atom. The van der Waals surface area contributed by atoms with Crippen molar-refractivity contribution < 1.29 is 4.79 Å². The third-order valence-corrected chi connectivity index (χ3v) is 4.03. The van der Waals surface area contributed by atoms with Crippen LogP contribution in [0.25, 0.3) is 22.9 Å². The molecule has 1 aliphatic heterocycles. The van der Waals surface area contributed by atoms with Crippen LogP contribution in [-0.4, -0.2) is 16.1 Å². The fourth-order valence-corrected chi connectivity index (χ4v) is 2.87. The molecule has 23 heavy (non-hydrogen) atoms. The molecule has 4 rings (SSSR count). The van der Waals surface area contributed by atoms with Crippen molar-refractivity contribution in [1.82, 2.24) is 10.2 Å². The van der Waals surface area contributed by atoms with Gasteiger partial charge in [-0.3, -0.25) is 9.89 Å². The number of benzene rings is 2. The number of anilines is 1. The predicted octanol–water partition coefficient (Wildman–Crippen LogP) is 4.22. The molecule has 0 bridgehead atoms. The SMILES string of the molecule is O=C1Nc2ccc(Cl)cc2/C1=C/c1cn[nH]c1-c1ccccc1. The molecule has 1 amide bonds. The molecule has 4 nitrogen and oxygen atoms in total. The van der Waals surface area contributed by atoms with Gasteiger partial charge in [-0.1, -0.05) is 41.9 Å². The summed E-state index contributed by atoms with van der Waals surface area (Å²) in [6, 6.07) is 15.2. The fraction of sp³-hybridized carbons (Fsp3) is 0. The molecular formula is C18H12ClN3O. The average Bonchev–Trinajstić information content (AvgIpc) is 3.14. The van der Waals surface area contributed by atoms with E-state index in [1.54, 1.807) is 18.3 Å². The van der Waals surface area contributed by atoms with E-state index < -0.39 is 0 Å². The highest BCUT2D eigenvalue weighted by Crippen LogP contribution is 2.36. The number of H-pyrrole nitrogens is 1. The summed E-state index contributed by atoms with van der Waals surface area (Å²) in [5, 5.41) is 10.6. The van der Waals surface area contributed by atoms with Crippen LogP contribution in [-0.2, 0) is 4.79 Å². The van der Waals surface area contributed by atoms with Crippen molar-refractivity contribution in [2.45, 2.75) is 0 Å². The summed E-state index contributed by atoms with van der Waals surface area (Å²) in [5.41, 5.74) is 4.91. The molecule has 5 heteroatoms. The summed E-state index contributed by atoms with van der Waals surface area (Å²) in [4.78, 5) is 12.3. The van der Waals surface area contributed by atoms with Crippen LogP contribution in [0.3, 0.4) is 0 Å². The van der Waals surface area contributed by atoms with Crippen LogP contribution in [0.15, 0.2) is 54.7 Å². The minimum atomic E-state index is -0.137. The number of halogens is 1. The molecule has 0 radical (unpaired) electrons. The molecule has 0 aliphatic carbocycles. The van der Waals surface area contributed by atoms with Gasteiger partial charge < -0.3 is 5.32 Å². The third kappa shape index (κ3) is 2.43. The molecule has 0 saturated carbocycles. The molecule has 0 fully saturated rings. The number of nitrogens with zero attached hydrogens (tertiary/aromatic N) is 1. The minimum absolute atomic E-state index is 0.137. The third-order valence-electron chi connectivity index (χ3n) is 3.80. The highest BCUT2D eigenvalue weighted by molar-refractivity contribution is 6.36.